The zero-order valence-electron chi connectivity index (χ0n) is 8.47. The molecule has 0 aromatic heterocycles. The molecule has 1 rings (SSSR count). The molecule has 82 valence electrons. The van der Waals surface area contributed by atoms with E-state index in [1.165, 1.54) is 25.3 Å². The summed E-state index contributed by atoms with van der Waals surface area (Å²) in [7, 11) is 1.24. The molecule has 0 spiro atoms. The first-order valence-electron chi connectivity index (χ1n) is 4.33. The van der Waals surface area contributed by atoms with Gasteiger partial charge in [-0.2, -0.15) is 5.26 Å². The maximum atomic E-state index is 11.5. The van der Waals surface area contributed by atoms with Crippen LogP contribution in [0.2, 0.25) is 0 Å². The summed E-state index contributed by atoms with van der Waals surface area (Å²) >= 11 is 0. The molecule has 1 aromatic carbocycles. The number of nitriles is 1. The fraction of sp³-hybridized carbons (Fsp3) is 0.200. The third kappa shape index (κ3) is 2.15. The normalized spacial score (nSPS) is 9.25. The largest absolute Gasteiger partial charge is 0.490 e. The van der Waals surface area contributed by atoms with Crippen molar-refractivity contribution in [2.45, 2.75) is 6.42 Å². The van der Waals surface area contributed by atoms with Gasteiger partial charge in [-0.3, -0.25) is 14.9 Å². The van der Waals surface area contributed by atoms with Crippen LogP contribution in [-0.4, -0.2) is 17.8 Å². The van der Waals surface area contributed by atoms with E-state index in [9.17, 15) is 14.9 Å². The Balaban J connectivity index is 3.30. The average Bonchev–Trinajstić information content (AvgIpc) is 2.28. The lowest BCUT2D eigenvalue weighted by molar-refractivity contribution is -0.385. The number of methoxy groups -OCH3 is 1. The van der Waals surface area contributed by atoms with E-state index in [2.05, 4.69) is 0 Å². The van der Waals surface area contributed by atoms with Crippen molar-refractivity contribution in [2.24, 2.45) is 0 Å². The van der Waals surface area contributed by atoms with Crippen molar-refractivity contribution < 1.29 is 14.5 Å². The van der Waals surface area contributed by atoms with Gasteiger partial charge in [-0.15, -0.1) is 0 Å². The minimum absolute atomic E-state index is 0.0539. The average molecular weight is 220 g/mol. The molecule has 0 bridgehead atoms. The van der Waals surface area contributed by atoms with Gasteiger partial charge in [0.1, 0.15) is 0 Å². The zero-order chi connectivity index (χ0) is 12.1. The molecule has 0 unspecified atom stereocenters. The molecule has 0 saturated carbocycles. The number of carbonyl (C=O) groups excluding carboxylic acids is 1. The van der Waals surface area contributed by atoms with Crippen molar-refractivity contribution in [1.29, 1.82) is 5.26 Å². The Labute approximate surface area is 91.2 Å². The Morgan fingerprint density at radius 1 is 1.62 bits per heavy atom. The molecular formula is C10H8N2O4. The Morgan fingerprint density at radius 2 is 2.31 bits per heavy atom. The molecule has 0 aliphatic rings. The third-order valence-electron chi connectivity index (χ3n) is 1.94. The summed E-state index contributed by atoms with van der Waals surface area (Å²) in [4.78, 5) is 21.5. The number of nitrogens with zero attached hydrogens (tertiary/aromatic N) is 2. The van der Waals surface area contributed by atoms with Crippen LogP contribution in [-0.2, 0) is 0 Å². The van der Waals surface area contributed by atoms with Gasteiger partial charge < -0.3 is 4.74 Å². The number of hydrogen-bond donors (Lipinski definition) is 0. The fourth-order valence-corrected chi connectivity index (χ4v) is 1.27. The molecule has 6 heteroatoms. The first-order valence-corrected chi connectivity index (χ1v) is 4.33. The molecule has 0 radical (unpaired) electrons. The third-order valence-corrected chi connectivity index (χ3v) is 1.94. The molecule has 0 N–H and O–H groups in total. The highest BCUT2D eigenvalue weighted by Crippen LogP contribution is 2.31. The number of Topliss-reactive ketones (excluding diaryl/α,β-unsaturated/α-hetero) is 1. The van der Waals surface area contributed by atoms with Gasteiger partial charge in [0, 0.05) is 6.07 Å². The van der Waals surface area contributed by atoms with Crippen molar-refractivity contribution in [3.63, 3.8) is 0 Å². The predicted octanol–water partition coefficient (Wildman–Crippen LogP) is 1.70. The van der Waals surface area contributed by atoms with Crippen molar-refractivity contribution in [2.75, 3.05) is 7.11 Å². The molecular weight excluding hydrogens is 212 g/mol. The SMILES string of the molecule is COc1c(C(=O)CC#N)cccc1[N+](=O)[O-]. The Hall–Kier alpha value is -2.42. The highest BCUT2D eigenvalue weighted by Gasteiger charge is 2.21. The number of hydrogen-bond acceptors (Lipinski definition) is 5. The lowest BCUT2D eigenvalue weighted by Gasteiger charge is -2.05. The van der Waals surface area contributed by atoms with Gasteiger partial charge in [-0.1, -0.05) is 6.07 Å². The molecule has 0 aliphatic carbocycles. The van der Waals surface area contributed by atoms with Crippen LogP contribution in [0.5, 0.6) is 5.75 Å². The first kappa shape index (κ1) is 11.7. The number of nitro benzene ring substituents is 1. The van der Waals surface area contributed by atoms with Gasteiger partial charge >= 0.3 is 5.69 Å². The smallest absolute Gasteiger partial charge is 0.311 e. The topological polar surface area (TPSA) is 93.2 Å². The molecule has 16 heavy (non-hydrogen) atoms. The number of para-hydroxylation sites is 1. The van der Waals surface area contributed by atoms with E-state index in [1.54, 1.807) is 6.07 Å². The van der Waals surface area contributed by atoms with E-state index in [1.807, 2.05) is 0 Å². The van der Waals surface area contributed by atoms with Crippen molar-refractivity contribution >= 4 is 11.5 Å². The number of rotatable bonds is 4. The monoisotopic (exact) mass is 220 g/mol. The van der Waals surface area contributed by atoms with Gasteiger partial charge in [-0.25, -0.2) is 0 Å². The van der Waals surface area contributed by atoms with E-state index < -0.39 is 10.7 Å². The fourth-order valence-electron chi connectivity index (χ4n) is 1.27. The summed E-state index contributed by atoms with van der Waals surface area (Å²) < 4.78 is 4.83. The zero-order valence-corrected chi connectivity index (χ0v) is 8.47. The van der Waals surface area contributed by atoms with Crippen LogP contribution in [0.15, 0.2) is 18.2 Å². The van der Waals surface area contributed by atoms with E-state index in [4.69, 9.17) is 10.00 Å². The molecule has 0 amide bonds. The highest BCUT2D eigenvalue weighted by molar-refractivity contribution is 6.00. The summed E-state index contributed by atoms with van der Waals surface area (Å²) in [5.41, 5.74) is -0.232. The Morgan fingerprint density at radius 3 is 2.81 bits per heavy atom. The van der Waals surface area contributed by atoms with E-state index >= 15 is 0 Å². The van der Waals surface area contributed by atoms with Crippen LogP contribution >= 0.6 is 0 Å². The molecule has 0 atom stereocenters. The molecule has 0 aliphatic heterocycles. The standard InChI is InChI=1S/C10H8N2O4/c1-16-10-7(9(13)5-6-11)3-2-4-8(10)12(14)15/h2-4H,5H2,1H3. The quantitative estimate of drug-likeness (QED) is 0.437. The number of carbonyl (C=O) groups is 1. The summed E-state index contributed by atoms with van der Waals surface area (Å²) in [6.45, 7) is 0. The number of ether oxygens (including phenoxy) is 1. The van der Waals surface area contributed by atoms with Crippen LogP contribution in [0.1, 0.15) is 16.8 Å². The van der Waals surface area contributed by atoms with Gasteiger partial charge in [0.15, 0.2) is 5.78 Å². The van der Waals surface area contributed by atoms with Crippen LogP contribution in [0.25, 0.3) is 0 Å². The molecule has 0 saturated heterocycles. The van der Waals surface area contributed by atoms with Gasteiger partial charge in [0.25, 0.3) is 0 Å². The highest BCUT2D eigenvalue weighted by atomic mass is 16.6. The molecule has 1 aromatic rings. The van der Waals surface area contributed by atoms with E-state index in [0.717, 1.165) is 0 Å². The van der Waals surface area contributed by atoms with Crippen molar-refractivity contribution in [1.82, 2.24) is 0 Å². The van der Waals surface area contributed by atoms with Crippen LogP contribution in [0, 0.1) is 21.4 Å². The lowest BCUT2D eigenvalue weighted by Crippen LogP contribution is -2.03. The molecule has 0 heterocycles. The molecule has 0 fully saturated rings. The second kappa shape index (κ2) is 4.89. The second-order valence-corrected chi connectivity index (χ2v) is 2.87. The lowest BCUT2D eigenvalue weighted by atomic mass is 10.1. The number of benzene rings is 1. The predicted molar refractivity (Wildman–Crippen MR) is 54.2 cm³/mol. The Kier molecular flexibility index (Phi) is 3.56. The van der Waals surface area contributed by atoms with Gasteiger partial charge in [0.05, 0.1) is 30.1 Å². The van der Waals surface area contributed by atoms with E-state index in [0.29, 0.717) is 0 Å². The number of nitro groups is 1. The van der Waals surface area contributed by atoms with Gasteiger partial charge in [-0.05, 0) is 6.07 Å². The van der Waals surface area contributed by atoms with E-state index in [-0.39, 0.29) is 23.4 Å². The minimum atomic E-state index is -0.637. The maximum Gasteiger partial charge on any atom is 0.311 e. The van der Waals surface area contributed by atoms with Crippen LogP contribution < -0.4 is 4.74 Å². The first-order chi connectivity index (χ1) is 7.61. The summed E-state index contributed by atoms with van der Waals surface area (Å²) in [6, 6.07) is 5.70. The van der Waals surface area contributed by atoms with Crippen LogP contribution in [0.3, 0.4) is 0 Å². The number of ketones is 1. The molecule has 6 nitrogen and oxygen atoms in total. The maximum absolute atomic E-state index is 11.5. The Bertz CT molecular complexity index is 476. The van der Waals surface area contributed by atoms with Crippen LogP contribution in [0.4, 0.5) is 5.69 Å². The second-order valence-electron chi connectivity index (χ2n) is 2.87. The summed E-state index contributed by atoms with van der Waals surface area (Å²) in [6.07, 6.45) is -0.336. The van der Waals surface area contributed by atoms with Crippen molar-refractivity contribution in [3.8, 4) is 11.8 Å². The summed E-state index contributed by atoms with van der Waals surface area (Å²) in [5.74, 6) is -0.601. The summed E-state index contributed by atoms with van der Waals surface area (Å²) in [5, 5.41) is 19.1. The van der Waals surface area contributed by atoms with Gasteiger partial charge in [0.2, 0.25) is 5.75 Å². The minimum Gasteiger partial charge on any atom is -0.490 e. The van der Waals surface area contributed by atoms with Crippen molar-refractivity contribution in [3.05, 3.63) is 33.9 Å².